The van der Waals surface area contributed by atoms with E-state index in [1.807, 2.05) is 18.7 Å². The van der Waals surface area contributed by atoms with Crippen LogP contribution >= 0.6 is 11.8 Å². The van der Waals surface area contributed by atoms with Gasteiger partial charge in [-0.3, -0.25) is 0 Å². The average Bonchev–Trinajstić information content (AvgIpc) is 2.39. The topological polar surface area (TPSA) is 67.9 Å². The zero-order valence-electron chi connectivity index (χ0n) is 11.4. The van der Waals surface area contributed by atoms with Gasteiger partial charge < -0.3 is 10.6 Å². The summed E-state index contributed by atoms with van der Waals surface area (Å²) in [5.74, 6) is 0.420. The molecule has 0 radical (unpaired) electrons. The van der Waals surface area contributed by atoms with Crippen LogP contribution < -0.4 is 10.6 Å². The molecular formula is C13H16FN5S. The smallest absolute Gasteiger partial charge is 0.231 e. The van der Waals surface area contributed by atoms with Crippen LogP contribution in [0.3, 0.4) is 0 Å². The number of halogens is 1. The molecule has 0 aliphatic rings. The molecule has 1 aromatic heterocycles. The third-order valence-corrected chi connectivity index (χ3v) is 3.53. The molecule has 2 N–H and O–H groups in total. The lowest BCUT2D eigenvalue weighted by atomic mass is 10.4. The molecule has 5 nitrogen and oxygen atoms in total. The summed E-state index contributed by atoms with van der Waals surface area (Å²) >= 11 is 1.26. The highest BCUT2D eigenvalue weighted by molar-refractivity contribution is 7.99. The van der Waals surface area contributed by atoms with E-state index in [4.69, 9.17) is 5.73 Å². The van der Waals surface area contributed by atoms with Crippen molar-refractivity contribution >= 4 is 23.7 Å². The van der Waals surface area contributed by atoms with Gasteiger partial charge in [0.2, 0.25) is 11.9 Å². The maximum absolute atomic E-state index is 13.2. The standard InChI is InChI=1S/C13H16FN5S/c1-3-19(4-2)12-16-11(15)17-13(18-12)20-10-7-5-6-9(14)8-10/h5-8H,3-4H2,1-2H3,(H2,15,16,17,18). The molecule has 0 fully saturated rings. The second-order valence-electron chi connectivity index (χ2n) is 4.01. The fourth-order valence-electron chi connectivity index (χ4n) is 1.69. The minimum absolute atomic E-state index is 0.167. The van der Waals surface area contributed by atoms with Gasteiger partial charge in [0.25, 0.3) is 0 Å². The van der Waals surface area contributed by atoms with Crippen molar-refractivity contribution in [3.63, 3.8) is 0 Å². The van der Waals surface area contributed by atoms with Crippen LogP contribution in [-0.4, -0.2) is 28.0 Å². The lowest BCUT2D eigenvalue weighted by Gasteiger charge is -2.18. The van der Waals surface area contributed by atoms with Gasteiger partial charge in [0.05, 0.1) is 0 Å². The minimum Gasteiger partial charge on any atom is -0.368 e. The molecule has 7 heteroatoms. The lowest BCUT2D eigenvalue weighted by Crippen LogP contribution is -2.25. The molecule has 0 saturated heterocycles. The predicted octanol–water partition coefficient (Wildman–Crippen LogP) is 2.59. The second-order valence-corrected chi connectivity index (χ2v) is 5.05. The Kier molecular flexibility index (Phi) is 4.73. The Morgan fingerprint density at radius 1 is 1.20 bits per heavy atom. The van der Waals surface area contributed by atoms with Gasteiger partial charge in [0, 0.05) is 18.0 Å². The van der Waals surface area contributed by atoms with Gasteiger partial charge in [-0.1, -0.05) is 6.07 Å². The van der Waals surface area contributed by atoms with Gasteiger partial charge in [0.1, 0.15) is 5.82 Å². The molecule has 0 saturated carbocycles. The van der Waals surface area contributed by atoms with Crippen molar-refractivity contribution in [2.75, 3.05) is 23.7 Å². The third-order valence-electron chi connectivity index (χ3n) is 2.67. The maximum atomic E-state index is 13.2. The summed E-state index contributed by atoms with van der Waals surface area (Å²) in [5, 5.41) is 0.463. The molecule has 0 atom stereocenters. The Morgan fingerprint density at radius 2 is 1.95 bits per heavy atom. The van der Waals surface area contributed by atoms with Crippen molar-refractivity contribution in [2.45, 2.75) is 23.9 Å². The van der Waals surface area contributed by atoms with Crippen LogP contribution in [0.4, 0.5) is 16.3 Å². The monoisotopic (exact) mass is 293 g/mol. The normalized spacial score (nSPS) is 10.6. The molecule has 0 amide bonds. The van der Waals surface area contributed by atoms with E-state index in [2.05, 4.69) is 15.0 Å². The zero-order chi connectivity index (χ0) is 14.5. The van der Waals surface area contributed by atoms with Crippen molar-refractivity contribution in [3.05, 3.63) is 30.1 Å². The van der Waals surface area contributed by atoms with Gasteiger partial charge in [-0.15, -0.1) is 0 Å². The SMILES string of the molecule is CCN(CC)c1nc(N)nc(Sc2cccc(F)c2)n1. The van der Waals surface area contributed by atoms with Crippen LogP contribution in [0.15, 0.2) is 34.3 Å². The summed E-state index contributed by atoms with van der Waals surface area (Å²) in [6, 6.07) is 6.27. The van der Waals surface area contributed by atoms with Crippen LogP contribution in [0, 0.1) is 5.82 Å². The van der Waals surface area contributed by atoms with Crippen LogP contribution in [-0.2, 0) is 0 Å². The Morgan fingerprint density at radius 3 is 2.60 bits per heavy atom. The van der Waals surface area contributed by atoms with E-state index in [9.17, 15) is 4.39 Å². The van der Waals surface area contributed by atoms with Crippen molar-refractivity contribution in [1.29, 1.82) is 0 Å². The predicted molar refractivity (Wildman–Crippen MR) is 78.3 cm³/mol. The van der Waals surface area contributed by atoms with E-state index >= 15 is 0 Å². The summed E-state index contributed by atoms with van der Waals surface area (Å²) in [6.45, 7) is 5.60. The Balaban J connectivity index is 2.28. The largest absolute Gasteiger partial charge is 0.368 e. The van der Waals surface area contributed by atoms with Crippen LogP contribution in [0.2, 0.25) is 0 Å². The van der Waals surface area contributed by atoms with Crippen LogP contribution in [0.25, 0.3) is 0 Å². The molecule has 0 aliphatic carbocycles. The first kappa shape index (κ1) is 14.5. The summed E-state index contributed by atoms with van der Waals surface area (Å²) in [5.41, 5.74) is 5.71. The van der Waals surface area contributed by atoms with Gasteiger partial charge in [-0.2, -0.15) is 15.0 Å². The van der Waals surface area contributed by atoms with Gasteiger partial charge in [0.15, 0.2) is 5.16 Å². The summed E-state index contributed by atoms with van der Waals surface area (Å²) in [4.78, 5) is 15.3. The number of hydrogen-bond donors (Lipinski definition) is 1. The van der Waals surface area contributed by atoms with Crippen LogP contribution in [0.5, 0.6) is 0 Å². The third kappa shape index (κ3) is 3.57. The molecule has 0 aliphatic heterocycles. The number of rotatable bonds is 5. The molecule has 0 spiro atoms. The molecule has 106 valence electrons. The quantitative estimate of drug-likeness (QED) is 0.914. The second kappa shape index (κ2) is 6.51. The Hall–Kier alpha value is -1.89. The summed E-state index contributed by atoms with van der Waals surface area (Å²) < 4.78 is 13.2. The molecule has 0 unspecified atom stereocenters. The van der Waals surface area contributed by atoms with Crippen molar-refractivity contribution in [3.8, 4) is 0 Å². The first-order chi connectivity index (χ1) is 9.62. The van der Waals surface area contributed by atoms with Gasteiger partial charge in [-0.25, -0.2) is 4.39 Å². The maximum Gasteiger partial charge on any atom is 0.231 e. The highest BCUT2D eigenvalue weighted by Crippen LogP contribution is 2.26. The zero-order valence-corrected chi connectivity index (χ0v) is 12.2. The highest BCUT2D eigenvalue weighted by Gasteiger charge is 2.11. The Labute approximate surface area is 121 Å². The number of nitrogens with two attached hydrogens (primary N) is 1. The van der Waals surface area contributed by atoms with Crippen molar-refractivity contribution in [1.82, 2.24) is 15.0 Å². The van der Waals surface area contributed by atoms with Crippen molar-refractivity contribution in [2.24, 2.45) is 0 Å². The van der Waals surface area contributed by atoms with E-state index in [0.29, 0.717) is 11.1 Å². The lowest BCUT2D eigenvalue weighted by molar-refractivity contribution is 0.624. The fourth-order valence-corrected chi connectivity index (χ4v) is 2.49. The molecular weight excluding hydrogens is 277 g/mol. The number of nitrogens with zero attached hydrogens (tertiary/aromatic N) is 4. The minimum atomic E-state index is -0.291. The number of anilines is 2. The van der Waals surface area contributed by atoms with Crippen LogP contribution in [0.1, 0.15) is 13.8 Å². The number of benzene rings is 1. The molecule has 2 rings (SSSR count). The van der Waals surface area contributed by atoms with E-state index in [1.165, 1.54) is 23.9 Å². The van der Waals surface area contributed by atoms with E-state index in [1.54, 1.807) is 12.1 Å². The first-order valence-corrected chi connectivity index (χ1v) is 7.14. The fraction of sp³-hybridized carbons (Fsp3) is 0.308. The number of aromatic nitrogens is 3. The molecule has 0 bridgehead atoms. The molecule has 20 heavy (non-hydrogen) atoms. The summed E-state index contributed by atoms with van der Waals surface area (Å²) in [7, 11) is 0. The first-order valence-electron chi connectivity index (χ1n) is 6.32. The van der Waals surface area contributed by atoms with E-state index < -0.39 is 0 Å². The summed E-state index contributed by atoms with van der Waals surface area (Å²) in [6.07, 6.45) is 0. The highest BCUT2D eigenvalue weighted by atomic mass is 32.2. The molecule has 1 heterocycles. The van der Waals surface area contributed by atoms with Crippen molar-refractivity contribution < 1.29 is 4.39 Å². The molecule has 1 aromatic carbocycles. The number of hydrogen-bond acceptors (Lipinski definition) is 6. The van der Waals surface area contributed by atoms with E-state index in [-0.39, 0.29) is 11.8 Å². The van der Waals surface area contributed by atoms with Gasteiger partial charge in [-0.05, 0) is 43.8 Å². The molecule has 2 aromatic rings. The number of nitrogen functional groups attached to an aromatic ring is 1. The van der Waals surface area contributed by atoms with Gasteiger partial charge >= 0.3 is 0 Å². The van der Waals surface area contributed by atoms with E-state index in [0.717, 1.165) is 18.0 Å². The Bertz CT molecular complexity index is 589. The average molecular weight is 293 g/mol.